The van der Waals surface area contributed by atoms with Crippen LogP contribution in [0.1, 0.15) is 31.2 Å². The molecule has 0 bridgehead atoms. The summed E-state index contributed by atoms with van der Waals surface area (Å²) >= 11 is 0. The van der Waals surface area contributed by atoms with Crippen LogP contribution in [-0.2, 0) is 0 Å². The molecule has 1 aromatic heterocycles. The third-order valence-corrected chi connectivity index (χ3v) is 3.93. The maximum Gasteiger partial charge on any atom is 0.222 e. The topological polar surface area (TPSA) is 57.4 Å². The minimum atomic E-state index is 0.0496. The van der Waals surface area contributed by atoms with Crippen molar-refractivity contribution in [3.05, 3.63) is 35.9 Å². The molecule has 3 rings (SSSR count). The Morgan fingerprint density at radius 2 is 1.90 bits per heavy atom. The van der Waals surface area contributed by atoms with E-state index in [0.29, 0.717) is 11.7 Å². The Balaban J connectivity index is 1.93. The fourth-order valence-electron chi connectivity index (χ4n) is 2.91. The predicted octanol–water partition coefficient (Wildman–Crippen LogP) is 3.55. The predicted molar refractivity (Wildman–Crippen MR) is 79.7 cm³/mol. The molecule has 1 fully saturated rings. The Hall–Kier alpha value is -2.10. The van der Waals surface area contributed by atoms with E-state index in [-0.39, 0.29) is 11.8 Å². The van der Waals surface area contributed by atoms with Crippen LogP contribution in [-0.4, -0.2) is 20.8 Å². The van der Waals surface area contributed by atoms with E-state index in [1.807, 2.05) is 31.2 Å². The van der Waals surface area contributed by atoms with Crippen LogP contribution in [0.2, 0.25) is 0 Å². The molecule has 0 radical (unpaired) electrons. The van der Waals surface area contributed by atoms with E-state index < -0.39 is 0 Å². The van der Waals surface area contributed by atoms with Crippen LogP contribution < -0.4 is 5.32 Å². The van der Waals surface area contributed by atoms with E-state index in [2.05, 4.69) is 5.32 Å². The smallest absolute Gasteiger partial charge is 0.222 e. The highest BCUT2D eigenvalue weighted by Crippen LogP contribution is 2.37. The zero-order valence-electron chi connectivity index (χ0n) is 11.6. The van der Waals surface area contributed by atoms with Gasteiger partial charge in [-0.3, -0.25) is 0 Å². The normalized spacial score (nSPS) is 15.7. The molecule has 1 aliphatic rings. The molecule has 0 atom stereocenters. The summed E-state index contributed by atoms with van der Waals surface area (Å²) in [6.07, 6.45) is 4.69. The highest BCUT2D eigenvalue weighted by atomic mass is 16.3. The Bertz CT molecular complexity index is 613. The Labute approximate surface area is 118 Å². The maximum atomic E-state index is 10.4. The van der Waals surface area contributed by atoms with E-state index in [9.17, 15) is 10.2 Å². The van der Waals surface area contributed by atoms with Crippen LogP contribution in [0.4, 0.5) is 5.69 Å². The number of rotatable bonds is 3. The molecule has 20 heavy (non-hydrogen) atoms. The average molecular weight is 272 g/mol. The highest BCUT2D eigenvalue weighted by molar-refractivity contribution is 5.62. The van der Waals surface area contributed by atoms with Crippen LogP contribution in [0, 0.1) is 6.92 Å². The molecule has 4 heteroatoms. The summed E-state index contributed by atoms with van der Waals surface area (Å²) in [6.45, 7) is 1.98. The van der Waals surface area contributed by atoms with Crippen molar-refractivity contribution in [3.63, 3.8) is 0 Å². The number of nitrogens with one attached hydrogen (secondary N) is 1. The number of aromatic nitrogens is 1. The average Bonchev–Trinajstić information content (AvgIpc) is 2.99. The Morgan fingerprint density at radius 3 is 2.60 bits per heavy atom. The lowest BCUT2D eigenvalue weighted by Crippen LogP contribution is -2.14. The van der Waals surface area contributed by atoms with Crippen molar-refractivity contribution in [1.82, 2.24) is 4.57 Å². The van der Waals surface area contributed by atoms with Gasteiger partial charge in [-0.25, -0.2) is 4.57 Å². The van der Waals surface area contributed by atoms with Gasteiger partial charge in [0.15, 0.2) is 0 Å². The lowest BCUT2D eigenvalue weighted by molar-refractivity contribution is 0.403. The van der Waals surface area contributed by atoms with Crippen molar-refractivity contribution in [2.75, 3.05) is 5.32 Å². The molecule has 1 aromatic carbocycles. The number of hydrogen-bond donors (Lipinski definition) is 3. The van der Waals surface area contributed by atoms with Gasteiger partial charge in [-0.2, -0.15) is 0 Å². The SMILES string of the molecule is Cc1cccc(-n2c(O)cc(NC3CCCC3)c2O)c1. The van der Waals surface area contributed by atoms with Gasteiger partial charge in [0.25, 0.3) is 0 Å². The van der Waals surface area contributed by atoms with Gasteiger partial charge in [0.1, 0.15) is 5.69 Å². The first-order valence-electron chi connectivity index (χ1n) is 7.12. The quantitative estimate of drug-likeness (QED) is 0.801. The second-order valence-electron chi connectivity index (χ2n) is 5.54. The van der Waals surface area contributed by atoms with Crippen molar-refractivity contribution < 1.29 is 10.2 Å². The van der Waals surface area contributed by atoms with Crippen molar-refractivity contribution in [2.45, 2.75) is 38.6 Å². The largest absolute Gasteiger partial charge is 0.494 e. The van der Waals surface area contributed by atoms with Gasteiger partial charge >= 0.3 is 0 Å². The number of benzene rings is 1. The molecule has 0 amide bonds. The van der Waals surface area contributed by atoms with Gasteiger partial charge in [0.2, 0.25) is 11.8 Å². The lowest BCUT2D eigenvalue weighted by atomic mass is 10.2. The van der Waals surface area contributed by atoms with E-state index in [4.69, 9.17) is 0 Å². The molecule has 4 nitrogen and oxygen atoms in total. The van der Waals surface area contributed by atoms with Gasteiger partial charge in [-0.1, -0.05) is 25.0 Å². The summed E-state index contributed by atoms with van der Waals surface area (Å²) in [7, 11) is 0. The van der Waals surface area contributed by atoms with Crippen LogP contribution >= 0.6 is 0 Å². The van der Waals surface area contributed by atoms with Crippen LogP contribution in [0.5, 0.6) is 11.8 Å². The molecule has 1 saturated carbocycles. The van der Waals surface area contributed by atoms with Crippen molar-refractivity contribution in [3.8, 4) is 17.4 Å². The molecular formula is C16H20N2O2. The van der Waals surface area contributed by atoms with E-state index in [1.165, 1.54) is 17.4 Å². The molecule has 1 heterocycles. The van der Waals surface area contributed by atoms with Crippen LogP contribution in [0.15, 0.2) is 30.3 Å². The fourth-order valence-corrected chi connectivity index (χ4v) is 2.91. The van der Waals surface area contributed by atoms with E-state index in [1.54, 1.807) is 6.07 Å². The minimum absolute atomic E-state index is 0.0496. The summed E-state index contributed by atoms with van der Waals surface area (Å²) in [4.78, 5) is 0. The van der Waals surface area contributed by atoms with Crippen LogP contribution in [0.25, 0.3) is 5.69 Å². The molecule has 0 aliphatic heterocycles. The third kappa shape index (κ3) is 2.33. The minimum Gasteiger partial charge on any atom is -0.494 e. The zero-order chi connectivity index (χ0) is 14.1. The summed E-state index contributed by atoms with van der Waals surface area (Å²) in [5.41, 5.74) is 2.45. The number of aryl methyl sites for hydroxylation is 1. The number of nitrogens with zero attached hydrogens (tertiary/aromatic N) is 1. The molecule has 1 aliphatic carbocycles. The van der Waals surface area contributed by atoms with Gasteiger partial charge in [-0.05, 0) is 37.5 Å². The van der Waals surface area contributed by atoms with Crippen molar-refractivity contribution in [1.29, 1.82) is 0 Å². The number of hydrogen-bond acceptors (Lipinski definition) is 3. The van der Waals surface area contributed by atoms with Crippen molar-refractivity contribution >= 4 is 5.69 Å². The van der Waals surface area contributed by atoms with E-state index in [0.717, 1.165) is 24.1 Å². The molecule has 3 N–H and O–H groups in total. The molecular weight excluding hydrogens is 252 g/mol. The fraction of sp³-hybridized carbons (Fsp3) is 0.375. The van der Waals surface area contributed by atoms with Gasteiger partial charge in [-0.15, -0.1) is 0 Å². The third-order valence-electron chi connectivity index (χ3n) is 3.93. The Kier molecular flexibility index (Phi) is 3.30. The summed E-state index contributed by atoms with van der Waals surface area (Å²) in [5, 5.41) is 23.8. The first-order valence-corrected chi connectivity index (χ1v) is 7.12. The summed E-state index contributed by atoms with van der Waals surface area (Å²) in [5.74, 6) is 0.119. The second kappa shape index (κ2) is 5.12. The zero-order valence-corrected chi connectivity index (χ0v) is 11.6. The molecule has 106 valence electrons. The number of anilines is 1. The summed E-state index contributed by atoms with van der Waals surface area (Å²) < 4.78 is 1.46. The highest BCUT2D eigenvalue weighted by Gasteiger charge is 2.20. The number of aromatic hydroxyl groups is 2. The standard InChI is InChI=1S/C16H20N2O2/c1-11-5-4-8-13(9-11)18-15(19)10-14(16(18)20)17-12-6-2-3-7-12/h4-5,8-10,12,17,19-20H,2-3,6-7H2,1H3. The Morgan fingerprint density at radius 1 is 1.15 bits per heavy atom. The molecule has 2 aromatic rings. The van der Waals surface area contributed by atoms with Gasteiger partial charge < -0.3 is 15.5 Å². The van der Waals surface area contributed by atoms with Gasteiger partial charge in [0.05, 0.1) is 5.69 Å². The molecule has 0 spiro atoms. The first-order chi connectivity index (χ1) is 9.65. The molecule has 0 unspecified atom stereocenters. The van der Waals surface area contributed by atoms with E-state index >= 15 is 0 Å². The lowest BCUT2D eigenvalue weighted by Gasteiger charge is -2.13. The first kappa shape index (κ1) is 12.9. The van der Waals surface area contributed by atoms with Crippen LogP contribution in [0.3, 0.4) is 0 Å². The van der Waals surface area contributed by atoms with Gasteiger partial charge in [0, 0.05) is 12.1 Å². The molecule has 0 saturated heterocycles. The van der Waals surface area contributed by atoms with Crippen molar-refractivity contribution in [2.24, 2.45) is 0 Å². The summed E-state index contributed by atoms with van der Waals surface area (Å²) in [6, 6.07) is 9.68. The second-order valence-corrected chi connectivity index (χ2v) is 5.54. The monoisotopic (exact) mass is 272 g/mol. The maximum absolute atomic E-state index is 10.4.